The number of halogens is 2. The highest BCUT2D eigenvalue weighted by atomic mass is 35.5. The van der Waals surface area contributed by atoms with E-state index in [1.54, 1.807) is 24.4 Å². The summed E-state index contributed by atoms with van der Waals surface area (Å²) >= 11 is 12.0. The third-order valence-corrected chi connectivity index (χ3v) is 5.39. The number of anilines is 2. The molecule has 1 saturated heterocycles. The minimum Gasteiger partial charge on any atom is -0.354 e. The Morgan fingerprint density at radius 3 is 2.52 bits per heavy atom. The van der Waals surface area contributed by atoms with Gasteiger partial charge in [0.25, 0.3) is 0 Å². The van der Waals surface area contributed by atoms with Crippen LogP contribution in [0, 0.1) is 12.8 Å². The number of piperidine rings is 1. The van der Waals surface area contributed by atoms with Crippen LogP contribution in [0.1, 0.15) is 18.7 Å². The Morgan fingerprint density at radius 2 is 1.86 bits per heavy atom. The van der Waals surface area contributed by atoms with Crippen LogP contribution in [0.4, 0.5) is 11.5 Å². The number of carbonyl (C=O) groups is 1. The summed E-state index contributed by atoms with van der Waals surface area (Å²) in [6, 6.07) is 8.85. The van der Waals surface area contributed by atoms with E-state index in [0.717, 1.165) is 31.0 Å². The number of nitrogens with zero attached hydrogens (tertiary/aromatic N) is 5. The van der Waals surface area contributed by atoms with Crippen molar-refractivity contribution < 1.29 is 4.79 Å². The summed E-state index contributed by atoms with van der Waals surface area (Å²) < 4.78 is 1.87. The Hall–Kier alpha value is -2.64. The first-order chi connectivity index (χ1) is 14.0. The molecule has 1 N–H and O–H groups in total. The molecule has 7 nitrogen and oxygen atoms in total. The summed E-state index contributed by atoms with van der Waals surface area (Å²) in [6.45, 7) is 3.33. The van der Waals surface area contributed by atoms with Crippen LogP contribution in [0.5, 0.6) is 0 Å². The van der Waals surface area contributed by atoms with Crippen LogP contribution >= 0.6 is 23.2 Å². The SMILES string of the molecule is Cc1nccn1-c1ccc(N2CCCC(C(=O)Nc3cc(Cl)cc(Cl)c3)C2)nn1. The van der Waals surface area contributed by atoms with Crippen molar-refractivity contribution in [1.29, 1.82) is 0 Å². The maximum Gasteiger partial charge on any atom is 0.229 e. The molecule has 0 spiro atoms. The van der Waals surface area contributed by atoms with Crippen molar-refractivity contribution in [2.75, 3.05) is 23.3 Å². The van der Waals surface area contributed by atoms with E-state index in [1.165, 1.54) is 0 Å². The number of imidazole rings is 1. The van der Waals surface area contributed by atoms with Crippen molar-refractivity contribution in [3.8, 4) is 5.82 Å². The molecular formula is C20H20Cl2N6O. The molecule has 1 atom stereocenters. The summed E-state index contributed by atoms with van der Waals surface area (Å²) in [4.78, 5) is 19.0. The van der Waals surface area contributed by atoms with Gasteiger partial charge in [0.15, 0.2) is 11.6 Å². The summed E-state index contributed by atoms with van der Waals surface area (Å²) in [5.74, 6) is 2.12. The zero-order valence-electron chi connectivity index (χ0n) is 15.8. The predicted molar refractivity (Wildman–Crippen MR) is 114 cm³/mol. The predicted octanol–water partition coefficient (Wildman–Crippen LogP) is 4.13. The average molecular weight is 431 g/mol. The van der Waals surface area contributed by atoms with E-state index < -0.39 is 0 Å². The minimum absolute atomic E-state index is 0.0494. The zero-order chi connectivity index (χ0) is 20.4. The maximum atomic E-state index is 12.7. The van der Waals surface area contributed by atoms with Crippen molar-refractivity contribution in [3.05, 3.63) is 58.6 Å². The second kappa shape index (κ2) is 8.39. The van der Waals surface area contributed by atoms with Gasteiger partial charge in [-0.1, -0.05) is 23.2 Å². The molecule has 1 unspecified atom stereocenters. The highest BCUT2D eigenvalue weighted by Gasteiger charge is 2.27. The van der Waals surface area contributed by atoms with Crippen LogP contribution in [0.3, 0.4) is 0 Å². The molecule has 1 aliphatic rings. The van der Waals surface area contributed by atoms with Crippen LogP contribution in [0.15, 0.2) is 42.7 Å². The number of nitrogens with one attached hydrogen (secondary N) is 1. The van der Waals surface area contributed by atoms with Crippen LogP contribution in [-0.2, 0) is 4.79 Å². The van der Waals surface area contributed by atoms with Gasteiger partial charge in [-0.2, -0.15) is 0 Å². The van der Waals surface area contributed by atoms with Gasteiger partial charge in [0, 0.05) is 41.2 Å². The molecule has 1 aliphatic heterocycles. The van der Waals surface area contributed by atoms with Crippen LogP contribution < -0.4 is 10.2 Å². The summed E-state index contributed by atoms with van der Waals surface area (Å²) in [5.41, 5.74) is 0.601. The number of rotatable bonds is 4. The Bertz CT molecular complexity index is 1000. The van der Waals surface area contributed by atoms with Crippen molar-refractivity contribution >= 4 is 40.6 Å². The summed E-state index contributed by atoms with van der Waals surface area (Å²) in [6.07, 6.45) is 5.29. The Morgan fingerprint density at radius 1 is 1.14 bits per heavy atom. The molecule has 1 aromatic carbocycles. The monoisotopic (exact) mass is 430 g/mol. The van der Waals surface area contributed by atoms with Crippen molar-refractivity contribution in [2.24, 2.45) is 5.92 Å². The van der Waals surface area contributed by atoms with Gasteiger partial charge >= 0.3 is 0 Å². The first-order valence-corrected chi connectivity index (χ1v) is 10.1. The van der Waals surface area contributed by atoms with E-state index in [2.05, 4.69) is 25.4 Å². The van der Waals surface area contributed by atoms with Gasteiger partial charge in [-0.15, -0.1) is 10.2 Å². The number of carbonyl (C=O) groups excluding carboxylic acids is 1. The lowest BCUT2D eigenvalue weighted by Gasteiger charge is -2.32. The number of aromatic nitrogens is 4. The fraction of sp³-hybridized carbons (Fsp3) is 0.300. The lowest BCUT2D eigenvalue weighted by atomic mass is 9.97. The van der Waals surface area contributed by atoms with Gasteiger partial charge in [-0.3, -0.25) is 9.36 Å². The molecule has 4 rings (SSSR count). The first kappa shape index (κ1) is 19.7. The van der Waals surface area contributed by atoms with Gasteiger partial charge in [0.1, 0.15) is 5.82 Å². The van der Waals surface area contributed by atoms with Gasteiger partial charge < -0.3 is 10.2 Å². The number of benzene rings is 1. The summed E-state index contributed by atoms with van der Waals surface area (Å²) in [5, 5.41) is 12.6. The second-order valence-corrected chi connectivity index (χ2v) is 7.90. The topological polar surface area (TPSA) is 75.9 Å². The molecule has 0 saturated carbocycles. The van der Waals surface area contributed by atoms with E-state index in [-0.39, 0.29) is 11.8 Å². The average Bonchev–Trinajstić information content (AvgIpc) is 3.13. The van der Waals surface area contributed by atoms with Crippen molar-refractivity contribution in [1.82, 2.24) is 19.7 Å². The Balaban J connectivity index is 1.44. The fourth-order valence-electron chi connectivity index (χ4n) is 3.50. The molecule has 0 radical (unpaired) electrons. The molecule has 1 fully saturated rings. The third-order valence-electron chi connectivity index (χ3n) is 4.96. The molecule has 2 aromatic heterocycles. The van der Waals surface area contributed by atoms with Gasteiger partial charge in [0.2, 0.25) is 5.91 Å². The maximum absolute atomic E-state index is 12.7. The zero-order valence-corrected chi connectivity index (χ0v) is 17.4. The Labute approximate surface area is 178 Å². The van der Waals surface area contributed by atoms with Crippen molar-refractivity contribution in [3.63, 3.8) is 0 Å². The van der Waals surface area contributed by atoms with E-state index in [0.29, 0.717) is 28.1 Å². The number of hydrogen-bond acceptors (Lipinski definition) is 5. The van der Waals surface area contributed by atoms with Crippen LogP contribution in [-0.4, -0.2) is 38.7 Å². The van der Waals surface area contributed by atoms with E-state index in [9.17, 15) is 4.79 Å². The quantitative estimate of drug-likeness (QED) is 0.672. The first-order valence-electron chi connectivity index (χ1n) is 9.35. The molecule has 1 amide bonds. The molecule has 150 valence electrons. The standard InChI is InChI=1S/C20H20Cl2N6O/c1-13-23-6-8-28(13)19-5-4-18(25-26-19)27-7-2-3-14(12-27)20(29)24-17-10-15(21)9-16(22)11-17/h4-6,8-11,14H,2-3,7,12H2,1H3,(H,24,29). The molecule has 3 heterocycles. The molecule has 0 aliphatic carbocycles. The van der Waals surface area contributed by atoms with Crippen LogP contribution in [0.25, 0.3) is 5.82 Å². The van der Waals surface area contributed by atoms with E-state index in [4.69, 9.17) is 23.2 Å². The molecular weight excluding hydrogens is 411 g/mol. The minimum atomic E-state index is -0.154. The van der Waals surface area contributed by atoms with Gasteiger partial charge in [-0.25, -0.2) is 4.98 Å². The third kappa shape index (κ3) is 4.52. The molecule has 9 heteroatoms. The van der Waals surface area contributed by atoms with E-state index in [1.807, 2.05) is 29.8 Å². The molecule has 3 aromatic rings. The molecule has 29 heavy (non-hydrogen) atoms. The summed E-state index contributed by atoms with van der Waals surface area (Å²) in [7, 11) is 0. The number of hydrogen-bond donors (Lipinski definition) is 1. The van der Waals surface area contributed by atoms with Gasteiger partial charge in [-0.05, 0) is 50.1 Å². The smallest absolute Gasteiger partial charge is 0.229 e. The Kier molecular flexibility index (Phi) is 5.69. The van der Waals surface area contributed by atoms with Gasteiger partial charge in [0.05, 0.1) is 5.92 Å². The lowest BCUT2D eigenvalue weighted by molar-refractivity contribution is -0.120. The van der Waals surface area contributed by atoms with Crippen LogP contribution in [0.2, 0.25) is 10.0 Å². The molecule has 0 bridgehead atoms. The fourth-order valence-corrected chi connectivity index (χ4v) is 4.03. The number of aryl methyl sites for hydroxylation is 1. The van der Waals surface area contributed by atoms with Crippen molar-refractivity contribution in [2.45, 2.75) is 19.8 Å². The highest BCUT2D eigenvalue weighted by Crippen LogP contribution is 2.26. The normalized spacial score (nSPS) is 16.7. The lowest BCUT2D eigenvalue weighted by Crippen LogP contribution is -2.41. The largest absolute Gasteiger partial charge is 0.354 e. The number of amides is 1. The highest BCUT2D eigenvalue weighted by molar-refractivity contribution is 6.35. The van der Waals surface area contributed by atoms with E-state index >= 15 is 0 Å². The second-order valence-electron chi connectivity index (χ2n) is 7.03.